The van der Waals surface area contributed by atoms with E-state index in [-0.39, 0.29) is 0 Å². The molecule has 1 aliphatic rings. The number of nitrogens with two attached hydrogens (primary N) is 1. The van der Waals surface area contributed by atoms with E-state index in [1.807, 2.05) is 6.07 Å². The minimum atomic E-state index is 0.573. The fourth-order valence-electron chi connectivity index (χ4n) is 1.54. The lowest BCUT2D eigenvalue weighted by Crippen LogP contribution is -2.03. The van der Waals surface area contributed by atoms with Crippen molar-refractivity contribution in [2.45, 2.75) is 12.8 Å². The highest BCUT2D eigenvalue weighted by Crippen LogP contribution is 2.17. The van der Waals surface area contributed by atoms with Crippen molar-refractivity contribution in [2.75, 3.05) is 18.9 Å². The molecule has 0 bridgehead atoms. The van der Waals surface area contributed by atoms with E-state index >= 15 is 0 Å². The average Bonchev–Trinajstić information content (AvgIpc) is 2.63. The number of aromatic amines is 1. The Labute approximate surface area is 71.1 Å². The molecule has 1 saturated heterocycles. The zero-order chi connectivity index (χ0) is 8.39. The third-order valence-corrected chi connectivity index (χ3v) is 2.18. The maximum absolute atomic E-state index is 5.48. The van der Waals surface area contributed by atoms with Gasteiger partial charge in [-0.25, -0.2) is 0 Å². The van der Waals surface area contributed by atoms with E-state index in [0.29, 0.717) is 11.7 Å². The molecule has 1 fully saturated rings. The summed E-state index contributed by atoms with van der Waals surface area (Å²) in [7, 11) is 0. The molecule has 4 nitrogen and oxygen atoms in total. The van der Waals surface area contributed by atoms with Crippen LogP contribution in [-0.2, 0) is 11.2 Å². The quantitative estimate of drug-likeness (QED) is 0.676. The van der Waals surface area contributed by atoms with Crippen molar-refractivity contribution in [3.8, 4) is 0 Å². The maximum Gasteiger partial charge on any atom is 0.145 e. The lowest BCUT2D eigenvalue weighted by Gasteiger charge is -2.02. The third kappa shape index (κ3) is 1.58. The number of nitrogens with zero attached hydrogens (tertiary/aromatic N) is 1. The molecule has 12 heavy (non-hydrogen) atoms. The summed E-state index contributed by atoms with van der Waals surface area (Å²) in [6.45, 7) is 1.77. The summed E-state index contributed by atoms with van der Waals surface area (Å²) in [5.74, 6) is 1.22. The zero-order valence-corrected chi connectivity index (χ0v) is 6.92. The number of H-pyrrole nitrogens is 1. The van der Waals surface area contributed by atoms with Crippen molar-refractivity contribution in [3.05, 3.63) is 11.8 Å². The number of hydrogen-bond donors (Lipinski definition) is 2. The highest BCUT2D eigenvalue weighted by atomic mass is 16.5. The molecule has 1 aliphatic heterocycles. The number of anilines is 1. The summed E-state index contributed by atoms with van der Waals surface area (Å²) >= 11 is 0. The first-order valence-corrected chi connectivity index (χ1v) is 4.22. The maximum atomic E-state index is 5.48. The van der Waals surface area contributed by atoms with Crippen molar-refractivity contribution in [1.82, 2.24) is 10.2 Å². The van der Waals surface area contributed by atoms with Crippen LogP contribution in [0.2, 0.25) is 0 Å². The van der Waals surface area contributed by atoms with Crippen LogP contribution in [-0.4, -0.2) is 23.4 Å². The van der Waals surface area contributed by atoms with E-state index in [1.54, 1.807) is 0 Å². The number of hydrogen-bond acceptors (Lipinski definition) is 3. The summed E-state index contributed by atoms with van der Waals surface area (Å²) < 4.78 is 5.27. The Bertz CT molecular complexity index is 253. The Hall–Kier alpha value is -1.03. The van der Waals surface area contributed by atoms with Crippen LogP contribution in [0.15, 0.2) is 6.07 Å². The van der Waals surface area contributed by atoms with Gasteiger partial charge in [0.2, 0.25) is 0 Å². The summed E-state index contributed by atoms with van der Waals surface area (Å²) in [5, 5.41) is 6.77. The van der Waals surface area contributed by atoms with Gasteiger partial charge in [-0.1, -0.05) is 0 Å². The number of aromatic nitrogens is 2. The summed E-state index contributed by atoms with van der Waals surface area (Å²) in [5.41, 5.74) is 6.59. The van der Waals surface area contributed by atoms with Crippen molar-refractivity contribution in [1.29, 1.82) is 0 Å². The lowest BCUT2D eigenvalue weighted by atomic mass is 10.0. The smallest absolute Gasteiger partial charge is 0.145 e. The van der Waals surface area contributed by atoms with E-state index in [4.69, 9.17) is 10.5 Å². The van der Waals surface area contributed by atoms with Crippen LogP contribution in [0, 0.1) is 5.92 Å². The molecular weight excluding hydrogens is 154 g/mol. The molecule has 0 aliphatic carbocycles. The molecule has 0 spiro atoms. The molecular formula is C8H13N3O. The average molecular weight is 167 g/mol. The molecule has 3 N–H and O–H groups in total. The Balaban J connectivity index is 1.94. The van der Waals surface area contributed by atoms with Gasteiger partial charge < -0.3 is 10.5 Å². The molecule has 1 atom stereocenters. The first-order chi connectivity index (χ1) is 5.84. The molecule has 0 aromatic carbocycles. The topological polar surface area (TPSA) is 63.9 Å². The number of nitrogens with one attached hydrogen (secondary N) is 1. The first kappa shape index (κ1) is 7.61. The molecule has 66 valence electrons. The van der Waals surface area contributed by atoms with Gasteiger partial charge in [0, 0.05) is 25.0 Å². The molecule has 2 heterocycles. The Morgan fingerprint density at radius 2 is 2.67 bits per heavy atom. The summed E-state index contributed by atoms with van der Waals surface area (Å²) in [4.78, 5) is 0. The molecule has 1 aromatic rings. The SMILES string of the molecule is Nc1cc(CC2CCOC2)[nH]n1. The second kappa shape index (κ2) is 3.15. The van der Waals surface area contributed by atoms with Crippen LogP contribution < -0.4 is 5.73 Å². The van der Waals surface area contributed by atoms with Crippen molar-refractivity contribution in [2.24, 2.45) is 5.92 Å². The molecule has 0 amide bonds. The van der Waals surface area contributed by atoms with Gasteiger partial charge in [0.05, 0.1) is 0 Å². The van der Waals surface area contributed by atoms with E-state index in [0.717, 1.165) is 31.7 Å². The Kier molecular flexibility index (Phi) is 1.99. The minimum Gasteiger partial charge on any atom is -0.382 e. The molecule has 1 aromatic heterocycles. The normalized spacial score (nSPS) is 23.2. The Morgan fingerprint density at radius 3 is 3.25 bits per heavy atom. The molecule has 2 rings (SSSR count). The molecule has 1 unspecified atom stereocenters. The van der Waals surface area contributed by atoms with Gasteiger partial charge in [-0.3, -0.25) is 5.10 Å². The number of nitrogen functional groups attached to an aromatic ring is 1. The fraction of sp³-hybridized carbons (Fsp3) is 0.625. The highest BCUT2D eigenvalue weighted by molar-refractivity contribution is 5.28. The van der Waals surface area contributed by atoms with Crippen molar-refractivity contribution in [3.63, 3.8) is 0 Å². The molecule has 4 heteroatoms. The summed E-state index contributed by atoms with van der Waals surface area (Å²) in [6.07, 6.45) is 2.16. The predicted octanol–water partition coefficient (Wildman–Crippen LogP) is 0.571. The van der Waals surface area contributed by atoms with Gasteiger partial charge in [0.25, 0.3) is 0 Å². The monoisotopic (exact) mass is 167 g/mol. The van der Waals surface area contributed by atoms with E-state index in [9.17, 15) is 0 Å². The van der Waals surface area contributed by atoms with Gasteiger partial charge in [-0.05, 0) is 18.8 Å². The van der Waals surface area contributed by atoms with Crippen molar-refractivity contribution >= 4 is 5.82 Å². The van der Waals surface area contributed by atoms with Crippen LogP contribution in [0.3, 0.4) is 0 Å². The minimum absolute atomic E-state index is 0.573. The zero-order valence-electron chi connectivity index (χ0n) is 6.92. The second-order valence-corrected chi connectivity index (χ2v) is 3.25. The standard InChI is InChI=1S/C8H13N3O/c9-8-4-7(10-11-8)3-6-1-2-12-5-6/h4,6H,1-3,5H2,(H3,9,10,11). The van der Waals surface area contributed by atoms with E-state index < -0.39 is 0 Å². The van der Waals surface area contributed by atoms with Gasteiger partial charge >= 0.3 is 0 Å². The number of rotatable bonds is 2. The van der Waals surface area contributed by atoms with Crippen LogP contribution in [0.1, 0.15) is 12.1 Å². The number of ether oxygens (including phenoxy) is 1. The van der Waals surface area contributed by atoms with Gasteiger partial charge in [0.1, 0.15) is 5.82 Å². The van der Waals surface area contributed by atoms with Crippen LogP contribution >= 0.6 is 0 Å². The largest absolute Gasteiger partial charge is 0.382 e. The van der Waals surface area contributed by atoms with Gasteiger partial charge in [-0.2, -0.15) is 5.10 Å². The Morgan fingerprint density at radius 1 is 1.75 bits per heavy atom. The van der Waals surface area contributed by atoms with Gasteiger partial charge in [-0.15, -0.1) is 0 Å². The van der Waals surface area contributed by atoms with Crippen LogP contribution in [0.25, 0.3) is 0 Å². The summed E-state index contributed by atoms with van der Waals surface area (Å²) in [6, 6.07) is 1.89. The first-order valence-electron chi connectivity index (χ1n) is 4.22. The van der Waals surface area contributed by atoms with E-state index in [2.05, 4.69) is 10.2 Å². The second-order valence-electron chi connectivity index (χ2n) is 3.25. The fourth-order valence-corrected chi connectivity index (χ4v) is 1.54. The molecule has 0 radical (unpaired) electrons. The predicted molar refractivity (Wildman–Crippen MR) is 45.6 cm³/mol. The molecule has 0 saturated carbocycles. The van der Waals surface area contributed by atoms with Gasteiger partial charge in [0.15, 0.2) is 0 Å². The van der Waals surface area contributed by atoms with Crippen LogP contribution in [0.5, 0.6) is 0 Å². The highest BCUT2D eigenvalue weighted by Gasteiger charge is 2.16. The third-order valence-electron chi connectivity index (χ3n) is 2.18. The van der Waals surface area contributed by atoms with Crippen molar-refractivity contribution < 1.29 is 4.74 Å². The lowest BCUT2D eigenvalue weighted by molar-refractivity contribution is 0.185. The van der Waals surface area contributed by atoms with Crippen LogP contribution in [0.4, 0.5) is 5.82 Å². The van der Waals surface area contributed by atoms with E-state index in [1.165, 1.54) is 0 Å².